The lowest BCUT2D eigenvalue weighted by atomic mass is 10.0. The Bertz CT molecular complexity index is 1020. The number of hydrogen-bond donors (Lipinski definition) is 1. The number of rotatable bonds is 1. The molecule has 1 aromatic heterocycles. The van der Waals surface area contributed by atoms with Crippen LogP contribution in [0.4, 0.5) is 15.8 Å². The SMILES string of the molecule is Cc1ccc2c(c1)Cc1c(cnn1C)CN2C(=O)c1ccc(N)c(F)c1. The predicted molar refractivity (Wildman–Crippen MR) is 98.5 cm³/mol. The fraction of sp³-hybridized carbons (Fsp3) is 0.200. The summed E-state index contributed by atoms with van der Waals surface area (Å²) in [5, 5.41) is 4.33. The lowest BCUT2D eigenvalue weighted by Crippen LogP contribution is -2.30. The molecule has 2 N–H and O–H groups in total. The molecule has 0 atom stereocenters. The Balaban J connectivity index is 1.84. The van der Waals surface area contributed by atoms with Crippen molar-refractivity contribution in [1.29, 1.82) is 0 Å². The molecule has 0 bridgehead atoms. The zero-order valence-electron chi connectivity index (χ0n) is 14.7. The van der Waals surface area contributed by atoms with E-state index in [1.54, 1.807) is 17.2 Å². The van der Waals surface area contributed by atoms with E-state index < -0.39 is 5.82 Å². The number of nitrogens with zero attached hydrogens (tertiary/aromatic N) is 3. The van der Waals surface area contributed by atoms with Gasteiger partial charge in [0, 0.05) is 36.0 Å². The van der Waals surface area contributed by atoms with Gasteiger partial charge in [-0.1, -0.05) is 17.7 Å². The van der Waals surface area contributed by atoms with Gasteiger partial charge in [-0.25, -0.2) is 4.39 Å². The van der Waals surface area contributed by atoms with E-state index in [9.17, 15) is 9.18 Å². The molecule has 0 spiro atoms. The molecule has 0 saturated heterocycles. The molecule has 0 aliphatic carbocycles. The van der Waals surface area contributed by atoms with Crippen molar-refractivity contribution in [3.63, 3.8) is 0 Å². The van der Waals surface area contributed by atoms with Crippen molar-refractivity contribution in [2.24, 2.45) is 7.05 Å². The number of nitrogens with two attached hydrogens (primary N) is 1. The first-order chi connectivity index (χ1) is 12.4. The van der Waals surface area contributed by atoms with Crippen LogP contribution in [-0.4, -0.2) is 15.7 Å². The molecule has 4 rings (SSSR count). The van der Waals surface area contributed by atoms with E-state index in [2.05, 4.69) is 11.2 Å². The van der Waals surface area contributed by atoms with Gasteiger partial charge in [0.05, 0.1) is 18.4 Å². The normalized spacial score (nSPS) is 13.1. The van der Waals surface area contributed by atoms with Gasteiger partial charge in [-0.2, -0.15) is 5.10 Å². The van der Waals surface area contributed by atoms with Gasteiger partial charge in [0.2, 0.25) is 0 Å². The highest BCUT2D eigenvalue weighted by Gasteiger charge is 2.27. The lowest BCUT2D eigenvalue weighted by molar-refractivity contribution is 0.0984. The van der Waals surface area contributed by atoms with Crippen molar-refractivity contribution >= 4 is 17.3 Å². The van der Waals surface area contributed by atoms with Crippen molar-refractivity contribution in [3.8, 4) is 0 Å². The average molecular weight is 350 g/mol. The highest BCUT2D eigenvalue weighted by atomic mass is 19.1. The van der Waals surface area contributed by atoms with E-state index in [1.165, 1.54) is 12.1 Å². The van der Waals surface area contributed by atoms with Crippen LogP contribution in [-0.2, 0) is 20.0 Å². The molecule has 0 unspecified atom stereocenters. The first kappa shape index (κ1) is 16.3. The third-order valence-electron chi connectivity index (χ3n) is 4.85. The number of aryl methyl sites for hydroxylation is 2. The minimum absolute atomic E-state index is 0.0305. The van der Waals surface area contributed by atoms with E-state index in [0.717, 1.165) is 28.1 Å². The van der Waals surface area contributed by atoms with Gasteiger partial charge < -0.3 is 10.6 Å². The van der Waals surface area contributed by atoms with E-state index in [4.69, 9.17) is 5.73 Å². The molecule has 0 saturated carbocycles. The molecule has 26 heavy (non-hydrogen) atoms. The summed E-state index contributed by atoms with van der Waals surface area (Å²) in [7, 11) is 1.90. The summed E-state index contributed by atoms with van der Waals surface area (Å²) < 4.78 is 15.7. The molecular formula is C20H19FN4O. The van der Waals surface area contributed by atoms with Crippen LogP contribution in [0.1, 0.15) is 32.7 Å². The number of aromatic nitrogens is 2. The van der Waals surface area contributed by atoms with Crippen LogP contribution in [0.5, 0.6) is 0 Å². The van der Waals surface area contributed by atoms with Gasteiger partial charge in [-0.05, 0) is 36.8 Å². The molecule has 5 nitrogen and oxygen atoms in total. The Morgan fingerprint density at radius 2 is 2.00 bits per heavy atom. The molecule has 3 aromatic rings. The molecule has 1 aliphatic rings. The molecule has 0 fully saturated rings. The van der Waals surface area contributed by atoms with Crippen molar-refractivity contribution in [2.75, 3.05) is 10.6 Å². The Morgan fingerprint density at radius 1 is 1.19 bits per heavy atom. The maximum absolute atomic E-state index is 13.9. The van der Waals surface area contributed by atoms with Crippen LogP contribution in [0.2, 0.25) is 0 Å². The Kier molecular flexibility index (Phi) is 3.76. The molecule has 0 radical (unpaired) electrons. The molecule has 132 valence electrons. The molecule has 2 heterocycles. The number of carbonyl (C=O) groups is 1. The number of anilines is 2. The van der Waals surface area contributed by atoms with Crippen LogP contribution in [0.15, 0.2) is 42.6 Å². The minimum atomic E-state index is -0.586. The van der Waals surface area contributed by atoms with Crippen molar-refractivity contribution in [3.05, 3.63) is 76.4 Å². The molecular weight excluding hydrogens is 331 g/mol. The summed E-state index contributed by atoms with van der Waals surface area (Å²) in [6, 6.07) is 10.2. The smallest absolute Gasteiger partial charge is 0.258 e. The van der Waals surface area contributed by atoms with Crippen molar-refractivity contribution in [1.82, 2.24) is 9.78 Å². The standard InChI is InChI=1S/C20H19FN4O/c1-12-3-6-18-14(7-12)9-19-15(10-23-24(19)2)11-25(18)20(26)13-4-5-17(22)16(21)8-13/h3-8,10H,9,11,22H2,1-2H3. The van der Waals surface area contributed by atoms with Crippen LogP contribution in [0.25, 0.3) is 0 Å². The van der Waals surface area contributed by atoms with Gasteiger partial charge in [0.15, 0.2) is 0 Å². The molecule has 1 aliphatic heterocycles. The highest BCUT2D eigenvalue weighted by molar-refractivity contribution is 6.06. The Morgan fingerprint density at radius 3 is 2.77 bits per heavy atom. The second-order valence-corrected chi connectivity index (χ2v) is 6.68. The van der Waals surface area contributed by atoms with Crippen LogP contribution in [0, 0.1) is 12.7 Å². The maximum atomic E-state index is 13.9. The van der Waals surface area contributed by atoms with E-state index >= 15 is 0 Å². The van der Waals surface area contributed by atoms with E-state index in [0.29, 0.717) is 13.0 Å². The first-order valence-corrected chi connectivity index (χ1v) is 8.40. The van der Waals surface area contributed by atoms with Crippen molar-refractivity contribution in [2.45, 2.75) is 19.9 Å². The number of nitrogen functional groups attached to an aromatic ring is 1. The van der Waals surface area contributed by atoms with Crippen LogP contribution in [0.3, 0.4) is 0 Å². The van der Waals surface area contributed by atoms with Crippen molar-refractivity contribution < 1.29 is 9.18 Å². The number of benzene rings is 2. The fourth-order valence-corrected chi connectivity index (χ4v) is 3.42. The second-order valence-electron chi connectivity index (χ2n) is 6.68. The third-order valence-corrected chi connectivity index (χ3v) is 4.85. The zero-order chi connectivity index (χ0) is 18.4. The maximum Gasteiger partial charge on any atom is 0.258 e. The Hall–Kier alpha value is -3.15. The number of carbonyl (C=O) groups excluding carboxylic acids is 1. The average Bonchev–Trinajstić information content (AvgIpc) is 2.86. The van der Waals surface area contributed by atoms with Gasteiger partial charge >= 0.3 is 0 Å². The topological polar surface area (TPSA) is 64.2 Å². The predicted octanol–water partition coefficient (Wildman–Crippen LogP) is 3.20. The quantitative estimate of drug-likeness (QED) is 0.686. The second kappa shape index (κ2) is 5.98. The molecule has 6 heteroatoms. The van der Waals surface area contributed by atoms with Gasteiger partial charge in [-0.3, -0.25) is 9.48 Å². The number of fused-ring (bicyclic) bond motifs is 2. The van der Waals surface area contributed by atoms with Crippen LogP contribution < -0.4 is 10.6 Å². The summed E-state index contributed by atoms with van der Waals surface area (Å²) >= 11 is 0. The van der Waals surface area contributed by atoms with Crippen LogP contribution >= 0.6 is 0 Å². The summed E-state index contributed by atoms with van der Waals surface area (Å²) in [6.45, 7) is 2.42. The van der Waals surface area contributed by atoms with Gasteiger partial charge in [-0.15, -0.1) is 0 Å². The van der Waals surface area contributed by atoms with Gasteiger partial charge in [0.1, 0.15) is 5.82 Å². The van der Waals surface area contributed by atoms with Gasteiger partial charge in [0.25, 0.3) is 5.91 Å². The largest absolute Gasteiger partial charge is 0.396 e. The first-order valence-electron chi connectivity index (χ1n) is 8.40. The summed E-state index contributed by atoms with van der Waals surface area (Å²) in [6.07, 6.45) is 2.49. The minimum Gasteiger partial charge on any atom is -0.396 e. The fourth-order valence-electron chi connectivity index (χ4n) is 3.42. The third kappa shape index (κ3) is 2.63. The molecule has 2 aromatic carbocycles. The zero-order valence-corrected chi connectivity index (χ0v) is 14.7. The lowest BCUT2D eigenvalue weighted by Gasteiger charge is -2.23. The number of amides is 1. The van der Waals surface area contributed by atoms with E-state index in [-0.39, 0.29) is 17.2 Å². The Labute approximate surface area is 150 Å². The van der Waals surface area contributed by atoms with E-state index in [1.807, 2.05) is 30.8 Å². The number of halogens is 1. The summed E-state index contributed by atoms with van der Waals surface area (Å²) in [4.78, 5) is 14.9. The monoisotopic (exact) mass is 350 g/mol. The summed E-state index contributed by atoms with van der Waals surface area (Å²) in [5.41, 5.74) is 10.9. The molecule has 1 amide bonds. The summed E-state index contributed by atoms with van der Waals surface area (Å²) in [5.74, 6) is -0.845. The highest BCUT2D eigenvalue weighted by Crippen LogP contribution is 2.32. The number of hydrogen-bond acceptors (Lipinski definition) is 3.